The van der Waals surface area contributed by atoms with Crippen molar-refractivity contribution in [2.24, 2.45) is 0 Å². The zero-order valence-electron chi connectivity index (χ0n) is 10.7. The van der Waals surface area contributed by atoms with Gasteiger partial charge in [0.2, 0.25) is 0 Å². The number of anilines is 2. The summed E-state index contributed by atoms with van der Waals surface area (Å²) in [5.41, 5.74) is 3.53. The van der Waals surface area contributed by atoms with Crippen LogP contribution in [0.15, 0.2) is 42.5 Å². The van der Waals surface area contributed by atoms with E-state index in [0.29, 0.717) is 5.56 Å². The zero-order chi connectivity index (χ0) is 13.4. The van der Waals surface area contributed by atoms with Crippen molar-refractivity contribution >= 4 is 17.2 Å². The van der Waals surface area contributed by atoms with Crippen molar-refractivity contribution in [2.75, 3.05) is 11.4 Å². The number of halogens is 1. The molecule has 0 N–H and O–H groups in total. The number of Topliss-reactive ketones (excluding diaryl/α,β-unsaturated/α-hetero) is 1. The van der Waals surface area contributed by atoms with Crippen molar-refractivity contribution < 1.29 is 9.18 Å². The summed E-state index contributed by atoms with van der Waals surface area (Å²) >= 11 is 0. The van der Waals surface area contributed by atoms with Crippen molar-refractivity contribution in [1.82, 2.24) is 0 Å². The molecule has 2 nitrogen and oxygen atoms in total. The monoisotopic (exact) mass is 255 g/mol. The van der Waals surface area contributed by atoms with E-state index >= 15 is 0 Å². The molecule has 0 unspecified atom stereocenters. The smallest absolute Gasteiger partial charge is 0.161 e. The Labute approximate surface area is 111 Å². The molecule has 1 heterocycles. The lowest BCUT2D eigenvalue weighted by molar-refractivity contribution is 0.101. The van der Waals surface area contributed by atoms with Gasteiger partial charge in [-0.2, -0.15) is 0 Å². The molecule has 1 aliphatic rings. The van der Waals surface area contributed by atoms with Crippen molar-refractivity contribution in [2.45, 2.75) is 13.3 Å². The molecule has 1 aliphatic heterocycles. The van der Waals surface area contributed by atoms with Crippen LogP contribution in [-0.4, -0.2) is 12.3 Å². The number of hydrogen-bond acceptors (Lipinski definition) is 2. The summed E-state index contributed by atoms with van der Waals surface area (Å²) in [7, 11) is 0. The minimum Gasteiger partial charge on any atom is -0.340 e. The molecule has 2 aromatic rings. The van der Waals surface area contributed by atoms with Gasteiger partial charge in [0, 0.05) is 17.8 Å². The minimum absolute atomic E-state index is 0.0282. The topological polar surface area (TPSA) is 20.3 Å². The Kier molecular flexibility index (Phi) is 2.82. The van der Waals surface area contributed by atoms with Gasteiger partial charge >= 0.3 is 0 Å². The van der Waals surface area contributed by atoms with Crippen LogP contribution in [0.25, 0.3) is 0 Å². The van der Waals surface area contributed by atoms with Gasteiger partial charge < -0.3 is 4.90 Å². The molecule has 0 aromatic heterocycles. The highest BCUT2D eigenvalue weighted by Gasteiger charge is 2.23. The van der Waals surface area contributed by atoms with Gasteiger partial charge in [0.1, 0.15) is 5.82 Å². The lowest BCUT2D eigenvalue weighted by Gasteiger charge is -2.22. The SMILES string of the molecule is CC(=O)c1ccccc1N1CCc2ccc(F)cc21. The number of para-hydroxylation sites is 1. The standard InChI is InChI=1S/C16H14FNO/c1-11(19)14-4-2-3-5-15(14)18-9-8-12-6-7-13(17)10-16(12)18/h2-7,10H,8-9H2,1H3. The third-order valence-corrected chi connectivity index (χ3v) is 3.52. The Hall–Kier alpha value is -2.16. The van der Waals surface area contributed by atoms with Gasteiger partial charge in [-0.25, -0.2) is 4.39 Å². The number of nitrogens with zero attached hydrogens (tertiary/aromatic N) is 1. The van der Waals surface area contributed by atoms with Crippen LogP contribution in [0, 0.1) is 5.82 Å². The van der Waals surface area contributed by atoms with E-state index < -0.39 is 0 Å². The van der Waals surface area contributed by atoms with E-state index in [1.807, 2.05) is 35.2 Å². The van der Waals surface area contributed by atoms with E-state index in [4.69, 9.17) is 0 Å². The molecule has 96 valence electrons. The molecule has 3 heteroatoms. The van der Waals surface area contributed by atoms with Crippen LogP contribution in [0.4, 0.5) is 15.8 Å². The molecular weight excluding hydrogens is 241 g/mol. The molecule has 0 bridgehead atoms. The number of carbonyl (C=O) groups is 1. The molecule has 19 heavy (non-hydrogen) atoms. The van der Waals surface area contributed by atoms with Crippen molar-refractivity contribution in [1.29, 1.82) is 0 Å². The third-order valence-electron chi connectivity index (χ3n) is 3.52. The fraction of sp³-hybridized carbons (Fsp3) is 0.188. The maximum absolute atomic E-state index is 13.4. The highest BCUT2D eigenvalue weighted by atomic mass is 19.1. The van der Waals surface area contributed by atoms with Gasteiger partial charge in [0.15, 0.2) is 5.78 Å². The number of hydrogen-bond donors (Lipinski definition) is 0. The first kappa shape index (κ1) is 11.9. The van der Waals surface area contributed by atoms with Gasteiger partial charge in [-0.15, -0.1) is 0 Å². The lowest BCUT2D eigenvalue weighted by Crippen LogP contribution is -2.16. The van der Waals surface area contributed by atoms with Crippen LogP contribution in [0.1, 0.15) is 22.8 Å². The average Bonchev–Trinajstić information content (AvgIpc) is 2.81. The molecular formula is C16H14FNO. The number of carbonyl (C=O) groups excluding carboxylic acids is 1. The van der Waals surface area contributed by atoms with E-state index in [2.05, 4.69) is 0 Å². The first-order valence-electron chi connectivity index (χ1n) is 6.33. The summed E-state index contributed by atoms with van der Waals surface area (Å²) in [6.07, 6.45) is 0.877. The number of fused-ring (bicyclic) bond motifs is 1. The predicted octanol–water partition coefficient (Wildman–Crippen LogP) is 3.72. The highest BCUT2D eigenvalue weighted by Crippen LogP contribution is 2.36. The minimum atomic E-state index is -0.244. The Bertz CT molecular complexity index is 651. The summed E-state index contributed by atoms with van der Waals surface area (Å²) in [4.78, 5) is 13.7. The van der Waals surface area contributed by atoms with Gasteiger partial charge in [0.05, 0.1) is 5.69 Å². The lowest BCUT2D eigenvalue weighted by atomic mass is 10.1. The van der Waals surface area contributed by atoms with Gasteiger partial charge in [-0.3, -0.25) is 4.79 Å². The van der Waals surface area contributed by atoms with Crippen LogP contribution in [-0.2, 0) is 6.42 Å². The maximum Gasteiger partial charge on any atom is 0.161 e. The summed E-state index contributed by atoms with van der Waals surface area (Å²) in [6.45, 7) is 2.34. The van der Waals surface area contributed by atoms with Crippen molar-refractivity contribution in [3.8, 4) is 0 Å². The fourth-order valence-electron chi connectivity index (χ4n) is 2.61. The molecule has 0 saturated heterocycles. The number of rotatable bonds is 2. The van der Waals surface area contributed by atoms with Gasteiger partial charge in [0.25, 0.3) is 0 Å². The van der Waals surface area contributed by atoms with Crippen LogP contribution in [0.2, 0.25) is 0 Å². The third kappa shape index (κ3) is 2.01. The first-order valence-corrected chi connectivity index (χ1v) is 6.33. The van der Waals surface area contributed by atoms with Gasteiger partial charge in [-0.1, -0.05) is 18.2 Å². The zero-order valence-corrected chi connectivity index (χ0v) is 10.7. The largest absolute Gasteiger partial charge is 0.340 e. The van der Waals surface area contributed by atoms with E-state index in [-0.39, 0.29) is 11.6 Å². The van der Waals surface area contributed by atoms with E-state index in [9.17, 15) is 9.18 Å². The Morgan fingerprint density at radius 2 is 1.95 bits per heavy atom. The Morgan fingerprint density at radius 1 is 1.16 bits per heavy atom. The van der Waals surface area contributed by atoms with E-state index in [0.717, 1.165) is 29.9 Å². The molecule has 0 atom stereocenters. The Balaban J connectivity index is 2.11. The first-order chi connectivity index (χ1) is 9.16. The molecule has 0 spiro atoms. The Morgan fingerprint density at radius 3 is 2.74 bits per heavy atom. The quantitative estimate of drug-likeness (QED) is 0.762. The second-order valence-electron chi connectivity index (χ2n) is 4.75. The predicted molar refractivity (Wildman–Crippen MR) is 73.6 cm³/mol. The maximum atomic E-state index is 13.4. The fourth-order valence-corrected chi connectivity index (χ4v) is 2.61. The molecule has 0 aliphatic carbocycles. The van der Waals surface area contributed by atoms with E-state index in [1.54, 1.807) is 13.0 Å². The summed E-state index contributed by atoms with van der Waals surface area (Å²) in [6, 6.07) is 12.3. The van der Waals surface area contributed by atoms with Gasteiger partial charge in [-0.05, 0) is 43.2 Å². The molecule has 0 radical (unpaired) electrons. The average molecular weight is 255 g/mol. The molecule has 0 saturated carbocycles. The van der Waals surface area contributed by atoms with Crippen LogP contribution >= 0.6 is 0 Å². The van der Waals surface area contributed by atoms with Crippen LogP contribution < -0.4 is 4.90 Å². The summed E-state index contributed by atoms with van der Waals surface area (Å²) in [5.74, 6) is -0.216. The molecule has 0 amide bonds. The highest BCUT2D eigenvalue weighted by molar-refractivity contribution is 6.00. The van der Waals surface area contributed by atoms with E-state index in [1.165, 1.54) is 6.07 Å². The molecule has 0 fully saturated rings. The second kappa shape index (κ2) is 4.50. The summed E-state index contributed by atoms with van der Waals surface area (Å²) < 4.78 is 13.4. The van der Waals surface area contributed by atoms with Crippen LogP contribution in [0.5, 0.6) is 0 Å². The second-order valence-corrected chi connectivity index (χ2v) is 4.75. The van der Waals surface area contributed by atoms with Crippen molar-refractivity contribution in [3.63, 3.8) is 0 Å². The van der Waals surface area contributed by atoms with Crippen LogP contribution in [0.3, 0.4) is 0 Å². The summed E-state index contributed by atoms with van der Waals surface area (Å²) in [5, 5.41) is 0. The number of ketones is 1. The number of benzene rings is 2. The molecule has 3 rings (SSSR count). The normalized spacial score (nSPS) is 13.5. The molecule has 2 aromatic carbocycles. The van der Waals surface area contributed by atoms with Crippen molar-refractivity contribution in [3.05, 3.63) is 59.4 Å².